The van der Waals surface area contributed by atoms with Crippen LogP contribution in [0, 0.1) is 5.41 Å². The van der Waals surface area contributed by atoms with Crippen molar-refractivity contribution in [2.75, 3.05) is 119 Å². The third-order valence-corrected chi connectivity index (χ3v) is 14.8. The van der Waals surface area contributed by atoms with E-state index >= 15 is 0 Å². The lowest BCUT2D eigenvalue weighted by molar-refractivity contribution is -0.265. The van der Waals surface area contributed by atoms with Crippen LogP contribution in [-0.2, 0) is 71.4 Å². The van der Waals surface area contributed by atoms with Crippen molar-refractivity contribution in [3.63, 3.8) is 0 Å². The van der Waals surface area contributed by atoms with E-state index in [9.17, 15) is 74.7 Å². The molecular formula is C56H105N9O24. The van der Waals surface area contributed by atoms with Gasteiger partial charge in [-0.05, 0) is 57.8 Å². The minimum Gasteiger partial charge on any atom is -0.394 e. The van der Waals surface area contributed by atoms with Crippen LogP contribution in [0.3, 0.4) is 0 Å². The summed E-state index contributed by atoms with van der Waals surface area (Å²) in [7, 11) is 0. The van der Waals surface area contributed by atoms with E-state index in [0.717, 1.165) is 0 Å². The molecule has 3 saturated heterocycles. The Hall–Kier alpha value is -4.02. The summed E-state index contributed by atoms with van der Waals surface area (Å²) in [6.45, 7) is 3.27. The summed E-state index contributed by atoms with van der Waals surface area (Å²) in [6.07, 6.45) is -8.95. The van der Waals surface area contributed by atoms with Crippen molar-refractivity contribution < 1.29 is 117 Å². The number of nitrogens with two attached hydrogens (primary N) is 3. The van der Waals surface area contributed by atoms with E-state index in [1.807, 2.05) is 6.92 Å². The van der Waals surface area contributed by atoms with E-state index in [1.54, 1.807) is 0 Å². The molecule has 3 aliphatic rings. The first kappa shape index (κ1) is 79.2. The molecule has 518 valence electrons. The highest BCUT2D eigenvalue weighted by Crippen LogP contribution is 2.24. The number of nitrogens with one attached hydrogen (secondary N) is 6. The first-order chi connectivity index (χ1) is 42.6. The Kier molecular flexibility index (Phi) is 40.3. The van der Waals surface area contributed by atoms with Crippen LogP contribution in [-0.4, -0.2) is 292 Å². The Labute approximate surface area is 519 Å². The summed E-state index contributed by atoms with van der Waals surface area (Å²) in [4.78, 5) is 74.8. The van der Waals surface area contributed by atoms with Gasteiger partial charge in [-0.1, -0.05) is 6.92 Å². The van der Waals surface area contributed by atoms with Gasteiger partial charge in [-0.3, -0.25) is 28.8 Å². The van der Waals surface area contributed by atoms with Crippen molar-refractivity contribution >= 4 is 35.4 Å². The number of aliphatic hydroxyl groups excluding tert-OH is 9. The average molecular weight is 1290 g/mol. The zero-order valence-corrected chi connectivity index (χ0v) is 51.4. The standard InChI is InChI=1S/C56H105N9O24/c1-56(32-81-26-14-41(72)63-20-8-17-60-38(69)11-2-5-23-84-53-44(57)50(78)47(75)35(29-66)87-53,33-82-27-15-42(73)64-21-9-18-61-39(70)12-3-6-24-85-54-45(58)51(79)48(76)36(30-67)88-54)34-83-28-16-43(74)65-22-10-19-62-40(71)13-4-7-25-86-55-46(59)52(80)49(77)37(31-68)89-55/h35-37,44-55,66-68,75-80H,2-34,57-59H2,1H3,(H,60,69)(H,61,70)(H,62,71)(H,63,72)(H,64,73)(H,65,74)/t35?,36?,37?,44-,45?,46?,47?,48?,49?,50?,51?,52?,53?,54?,55?,56?/m0/s1. The highest BCUT2D eigenvalue weighted by Gasteiger charge is 2.45. The topological polar surface area (TPSA) is 518 Å². The number of carbonyl (C=O) groups is 6. The molecule has 0 aromatic carbocycles. The number of rotatable bonds is 48. The molecule has 21 N–H and O–H groups in total. The number of unbranched alkanes of at least 4 members (excludes halogenated alkanes) is 3. The third-order valence-electron chi connectivity index (χ3n) is 14.8. The summed E-state index contributed by atoms with van der Waals surface area (Å²) in [5.74, 6) is -1.33. The van der Waals surface area contributed by atoms with Gasteiger partial charge in [-0.25, -0.2) is 0 Å². The van der Waals surface area contributed by atoms with Crippen molar-refractivity contribution in [3.05, 3.63) is 0 Å². The Morgan fingerprint density at radius 2 is 0.596 bits per heavy atom. The molecule has 0 bridgehead atoms. The molecule has 33 heteroatoms. The molecule has 0 aromatic rings. The highest BCUT2D eigenvalue weighted by atomic mass is 16.7. The summed E-state index contributed by atoms with van der Waals surface area (Å²) in [5.41, 5.74) is 16.9. The monoisotopic (exact) mass is 1290 g/mol. The van der Waals surface area contributed by atoms with Gasteiger partial charge in [0, 0.05) is 103 Å². The quantitative estimate of drug-likeness (QED) is 0.0252. The van der Waals surface area contributed by atoms with Gasteiger partial charge in [-0.2, -0.15) is 0 Å². The van der Waals surface area contributed by atoms with Crippen molar-refractivity contribution in [1.29, 1.82) is 0 Å². The van der Waals surface area contributed by atoms with Gasteiger partial charge >= 0.3 is 0 Å². The predicted octanol–water partition coefficient (Wildman–Crippen LogP) is -7.06. The molecular weight excluding hydrogens is 1180 g/mol. The molecule has 3 heterocycles. The van der Waals surface area contributed by atoms with E-state index in [1.165, 1.54) is 0 Å². The van der Waals surface area contributed by atoms with Crippen LogP contribution >= 0.6 is 0 Å². The number of hydrogen-bond acceptors (Lipinski definition) is 27. The van der Waals surface area contributed by atoms with Gasteiger partial charge in [0.1, 0.15) is 54.9 Å². The van der Waals surface area contributed by atoms with Crippen LogP contribution in [0.4, 0.5) is 0 Å². The number of hydrogen-bond donors (Lipinski definition) is 18. The van der Waals surface area contributed by atoms with Crippen LogP contribution in [0.5, 0.6) is 0 Å². The van der Waals surface area contributed by atoms with E-state index in [4.69, 9.17) is 59.8 Å². The van der Waals surface area contributed by atoms with Gasteiger partial charge in [0.25, 0.3) is 0 Å². The molecule has 0 aliphatic carbocycles. The van der Waals surface area contributed by atoms with Crippen LogP contribution in [0.1, 0.15) is 103 Å². The van der Waals surface area contributed by atoms with Gasteiger partial charge in [0.05, 0.1) is 77.6 Å². The van der Waals surface area contributed by atoms with E-state index in [-0.39, 0.29) is 133 Å². The van der Waals surface area contributed by atoms with Gasteiger partial charge in [0.15, 0.2) is 18.9 Å². The Morgan fingerprint density at radius 3 is 0.831 bits per heavy atom. The number of ether oxygens (including phenoxy) is 9. The molecule has 15 atom stereocenters. The molecule has 3 aliphatic heterocycles. The predicted molar refractivity (Wildman–Crippen MR) is 313 cm³/mol. The van der Waals surface area contributed by atoms with Gasteiger partial charge in [0.2, 0.25) is 35.4 Å². The average Bonchev–Trinajstić information content (AvgIpc) is 2.00. The first-order valence-electron chi connectivity index (χ1n) is 31.0. The first-order valence-corrected chi connectivity index (χ1v) is 31.0. The largest absolute Gasteiger partial charge is 0.394 e. The lowest BCUT2D eigenvalue weighted by Gasteiger charge is -2.40. The smallest absolute Gasteiger partial charge is 0.222 e. The minimum atomic E-state index is -1.34. The summed E-state index contributed by atoms with van der Waals surface area (Å²) in [5, 5.41) is 105. The molecule has 0 saturated carbocycles. The van der Waals surface area contributed by atoms with Gasteiger partial charge < -0.3 is 138 Å². The highest BCUT2D eigenvalue weighted by molar-refractivity contribution is 5.78. The van der Waals surface area contributed by atoms with Crippen molar-refractivity contribution in [2.45, 2.75) is 195 Å². The molecule has 3 fully saturated rings. The summed E-state index contributed by atoms with van der Waals surface area (Å²) >= 11 is 0. The summed E-state index contributed by atoms with van der Waals surface area (Å²) < 4.78 is 50.7. The fourth-order valence-electron chi connectivity index (χ4n) is 9.26. The zero-order chi connectivity index (χ0) is 65.6. The van der Waals surface area contributed by atoms with Crippen molar-refractivity contribution in [3.8, 4) is 0 Å². The molecule has 0 aromatic heterocycles. The van der Waals surface area contributed by atoms with Crippen LogP contribution in [0.15, 0.2) is 0 Å². The second-order valence-electron chi connectivity index (χ2n) is 22.7. The third kappa shape index (κ3) is 31.4. The fourth-order valence-corrected chi connectivity index (χ4v) is 9.26. The lowest BCUT2D eigenvalue weighted by Crippen LogP contribution is -2.62. The Morgan fingerprint density at radius 1 is 0.360 bits per heavy atom. The van der Waals surface area contributed by atoms with Crippen LogP contribution in [0.2, 0.25) is 0 Å². The number of aliphatic hydroxyl groups is 9. The van der Waals surface area contributed by atoms with E-state index < -0.39 is 117 Å². The molecule has 3 rings (SSSR count). The number of amides is 6. The van der Waals surface area contributed by atoms with Gasteiger partial charge in [-0.15, -0.1) is 0 Å². The molecule has 0 radical (unpaired) electrons. The Balaban J connectivity index is 1.29. The molecule has 14 unspecified atom stereocenters. The number of carbonyl (C=O) groups excluding carboxylic acids is 6. The van der Waals surface area contributed by atoms with Crippen molar-refractivity contribution in [2.24, 2.45) is 22.6 Å². The van der Waals surface area contributed by atoms with E-state index in [2.05, 4.69) is 31.9 Å². The second-order valence-corrected chi connectivity index (χ2v) is 22.7. The van der Waals surface area contributed by atoms with E-state index in [0.29, 0.717) is 97.1 Å². The van der Waals surface area contributed by atoms with Crippen molar-refractivity contribution in [1.82, 2.24) is 31.9 Å². The molecule has 0 spiro atoms. The fraction of sp³-hybridized carbons (Fsp3) is 0.893. The maximum absolute atomic E-state index is 12.6. The molecule has 89 heavy (non-hydrogen) atoms. The molecule has 33 nitrogen and oxygen atoms in total. The Bertz CT molecular complexity index is 1780. The van der Waals surface area contributed by atoms with Crippen LogP contribution in [0.25, 0.3) is 0 Å². The molecule has 6 amide bonds. The van der Waals surface area contributed by atoms with Crippen LogP contribution < -0.4 is 49.1 Å². The second kappa shape index (κ2) is 45.3. The lowest BCUT2D eigenvalue weighted by atomic mass is 9.94. The zero-order valence-electron chi connectivity index (χ0n) is 51.4. The normalized spacial score (nSPS) is 27.7. The maximum atomic E-state index is 12.6. The SMILES string of the molecule is CC(COCCC(=O)NCCCNC(=O)CCCCOC1OC(CO)C(O)C(O)C1N)(COCCC(=O)NCCCNC(=O)CCCCOC1OC(CO)C(O)C(O)C1N)COCCC(=O)NCCCNC(=O)CCCCOC1OC(CO)C(O)C(O)[C@@H]1N. The maximum Gasteiger partial charge on any atom is 0.222 e. The summed E-state index contributed by atoms with van der Waals surface area (Å²) in [6, 6.07) is -3.02. The minimum absolute atomic E-state index is 0.0447.